The Hall–Kier alpha value is -1.09. The number of amidine groups is 1. The number of aromatic nitrogens is 4. The van der Waals surface area contributed by atoms with Crippen molar-refractivity contribution in [2.75, 3.05) is 26.3 Å². The molecule has 0 aromatic carbocycles. The normalized spacial score (nSPS) is 29.4. The molecule has 3 aliphatic rings. The van der Waals surface area contributed by atoms with Gasteiger partial charge >= 0.3 is 0 Å². The number of alkyl halides is 1. The van der Waals surface area contributed by atoms with Gasteiger partial charge in [-0.3, -0.25) is 4.99 Å². The minimum Gasteiger partial charge on any atom is -0.378 e. The van der Waals surface area contributed by atoms with Crippen LogP contribution in [0.2, 0.25) is 0 Å². The predicted octanol–water partition coefficient (Wildman–Crippen LogP) is 2.36. The first kappa shape index (κ1) is 18.3. The van der Waals surface area contributed by atoms with Crippen molar-refractivity contribution in [1.82, 2.24) is 25.5 Å². The number of hydrogen-bond acceptors (Lipinski definition) is 7. The fourth-order valence-corrected chi connectivity index (χ4v) is 5.06. The number of aromatic amines is 1. The Bertz CT molecular complexity index is 716. The molecule has 1 fully saturated rings. The third-order valence-corrected chi connectivity index (χ3v) is 6.96. The molecule has 10 heteroatoms. The van der Waals surface area contributed by atoms with Crippen molar-refractivity contribution in [2.45, 2.75) is 35.9 Å². The molecule has 2 aliphatic heterocycles. The highest BCUT2D eigenvalue weighted by atomic mass is 35.5. The quantitative estimate of drug-likeness (QED) is 0.761. The van der Waals surface area contributed by atoms with Crippen LogP contribution in [0.5, 0.6) is 0 Å². The molecule has 1 aromatic heterocycles. The Morgan fingerprint density at radius 2 is 2.12 bits per heavy atom. The van der Waals surface area contributed by atoms with Crippen LogP contribution in [-0.2, 0) is 11.2 Å². The van der Waals surface area contributed by atoms with Crippen LogP contribution in [0, 0.1) is 0 Å². The summed E-state index contributed by atoms with van der Waals surface area (Å²) in [5.74, 6) is 0.724. The standard InChI is InChI=1S/C16H20Cl2N6OS/c17-11-2-1-10(7-12(11)18)8-13-14(9-15-20-22-23-21-15)26-16(19-13)24-3-5-25-6-4-24/h1-2,12-14H,3-9H2,(H,20,21,22,23). The number of thioether (sulfide) groups is 1. The second-order valence-electron chi connectivity index (χ2n) is 6.52. The van der Waals surface area contributed by atoms with Crippen LogP contribution in [0.3, 0.4) is 0 Å². The average molecular weight is 415 g/mol. The van der Waals surface area contributed by atoms with Gasteiger partial charge in [0.2, 0.25) is 0 Å². The van der Waals surface area contributed by atoms with Crippen LogP contribution in [-0.4, -0.2) is 73.7 Å². The molecule has 7 nitrogen and oxygen atoms in total. The van der Waals surface area contributed by atoms with Gasteiger partial charge in [0, 0.05) is 29.8 Å². The summed E-state index contributed by atoms with van der Waals surface area (Å²) in [6.07, 6.45) is 6.36. The third kappa shape index (κ3) is 4.24. The highest BCUT2D eigenvalue weighted by Crippen LogP contribution is 2.37. The van der Waals surface area contributed by atoms with E-state index in [0.717, 1.165) is 56.6 Å². The lowest BCUT2D eigenvalue weighted by molar-refractivity contribution is 0.0693. The van der Waals surface area contributed by atoms with Gasteiger partial charge in [0.15, 0.2) is 11.0 Å². The molecule has 1 aromatic rings. The van der Waals surface area contributed by atoms with Gasteiger partial charge in [-0.15, -0.1) is 21.8 Å². The first-order valence-corrected chi connectivity index (χ1v) is 10.4. The molecular weight excluding hydrogens is 395 g/mol. The van der Waals surface area contributed by atoms with Gasteiger partial charge in [-0.05, 0) is 18.9 Å². The molecule has 26 heavy (non-hydrogen) atoms. The van der Waals surface area contributed by atoms with Gasteiger partial charge < -0.3 is 9.64 Å². The number of nitrogens with one attached hydrogen (secondary N) is 1. The second-order valence-corrected chi connectivity index (χ2v) is 8.69. The van der Waals surface area contributed by atoms with Crippen LogP contribution in [0.1, 0.15) is 18.7 Å². The molecule has 0 bridgehead atoms. The fourth-order valence-electron chi connectivity index (χ4n) is 3.30. The minimum absolute atomic E-state index is 0.135. The van der Waals surface area contributed by atoms with Crippen molar-refractivity contribution in [2.24, 2.45) is 4.99 Å². The van der Waals surface area contributed by atoms with Crippen LogP contribution in [0.4, 0.5) is 0 Å². The Kier molecular flexibility index (Phi) is 5.83. The summed E-state index contributed by atoms with van der Waals surface area (Å²) >= 11 is 14.2. The summed E-state index contributed by atoms with van der Waals surface area (Å²) in [6, 6.07) is 0.164. The maximum atomic E-state index is 6.31. The van der Waals surface area contributed by atoms with Crippen molar-refractivity contribution in [3.63, 3.8) is 0 Å². The topological polar surface area (TPSA) is 79.3 Å². The Morgan fingerprint density at radius 1 is 1.27 bits per heavy atom. The molecule has 3 atom stereocenters. The fraction of sp³-hybridized carbons (Fsp3) is 0.625. The van der Waals surface area contributed by atoms with E-state index in [-0.39, 0.29) is 16.7 Å². The van der Waals surface area contributed by atoms with E-state index in [1.807, 2.05) is 17.8 Å². The minimum atomic E-state index is -0.135. The summed E-state index contributed by atoms with van der Waals surface area (Å²) in [6.45, 7) is 3.28. The molecule has 0 saturated carbocycles. The van der Waals surface area contributed by atoms with Crippen LogP contribution < -0.4 is 0 Å². The molecule has 0 spiro atoms. The Labute approximate surface area is 166 Å². The van der Waals surface area contributed by atoms with E-state index in [1.54, 1.807) is 0 Å². The van der Waals surface area contributed by atoms with Gasteiger partial charge in [-0.25, -0.2) is 0 Å². The van der Waals surface area contributed by atoms with E-state index in [0.29, 0.717) is 5.03 Å². The number of hydrogen-bond donors (Lipinski definition) is 1. The van der Waals surface area contributed by atoms with Crippen molar-refractivity contribution in [3.05, 3.63) is 28.6 Å². The van der Waals surface area contributed by atoms with E-state index in [2.05, 4.69) is 31.6 Å². The van der Waals surface area contributed by atoms with Crippen molar-refractivity contribution in [3.8, 4) is 0 Å². The zero-order valence-electron chi connectivity index (χ0n) is 14.1. The third-order valence-electron chi connectivity index (χ3n) is 4.71. The van der Waals surface area contributed by atoms with E-state index in [4.69, 9.17) is 32.9 Å². The lowest BCUT2D eigenvalue weighted by atomic mass is 9.95. The number of ether oxygens (including phenoxy) is 1. The molecular formula is C16H20Cl2N6OS. The maximum Gasteiger partial charge on any atom is 0.175 e. The number of tetrazole rings is 1. The van der Waals surface area contributed by atoms with Crippen LogP contribution in [0.25, 0.3) is 0 Å². The number of H-pyrrole nitrogens is 1. The molecule has 140 valence electrons. The van der Waals surface area contributed by atoms with Gasteiger partial charge in [0.25, 0.3) is 0 Å². The highest BCUT2D eigenvalue weighted by molar-refractivity contribution is 8.14. The van der Waals surface area contributed by atoms with E-state index >= 15 is 0 Å². The SMILES string of the molecule is ClC1=CC=C(CC2N=C(N3CCOCC3)SC2Cc2nn[nH]n2)CC1Cl. The number of rotatable bonds is 4. The summed E-state index contributed by atoms with van der Waals surface area (Å²) in [4.78, 5) is 7.35. The number of aliphatic imine (C=N–C) groups is 1. The Balaban J connectivity index is 1.49. The summed E-state index contributed by atoms with van der Waals surface area (Å²) < 4.78 is 5.46. The number of morpholine rings is 1. The van der Waals surface area contributed by atoms with E-state index < -0.39 is 0 Å². The molecule has 0 amide bonds. The maximum absolute atomic E-state index is 6.31. The average Bonchev–Trinajstić information content (AvgIpc) is 3.30. The molecule has 4 rings (SSSR count). The van der Waals surface area contributed by atoms with Gasteiger partial charge in [-0.2, -0.15) is 5.21 Å². The van der Waals surface area contributed by atoms with Gasteiger partial charge in [0.1, 0.15) is 0 Å². The lowest BCUT2D eigenvalue weighted by Crippen LogP contribution is -2.39. The van der Waals surface area contributed by atoms with Gasteiger partial charge in [0.05, 0.1) is 24.6 Å². The molecule has 0 radical (unpaired) electrons. The molecule has 1 saturated heterocycles. The first-order chi connectivity index (χ1) is 12.7. The van der Waals surface area contributed by atoms with Crippen LogP contribution in [0.15, 0.2) is 27.7 Å². The van der Waals surface area contributed by atoms with Gasteiger partial charge in [-0.1, -0.05) is 40.2 Å². The molecule has 1 aliphatic carbocycles. The molecule has 1 N–H and O–H groups in total. The smallest absolute Gasteiger partial charge is 0.175 e. The first-order valence-electron chi connectivity index (χ1n) is 8.67. The van der Waals surface area contributed by atoms with Crippen molar-refractivity contribution >= 4 is 40.1 Å². The zero-order valence-corrected chi connectivity index (χ0v) is 16.5. The van der Waals surface area contributed by atoms with E-state index in [1.165, 1.54) is 5.57 Å². The van der Waals surface area contributed by atoms with Crippen molar-refractivity contribution < 1.29 is 4.74 Å². The highest BCUT2D eigenvalue weighted by Gasteiger charge is 2.35. The number of halogens is 2. The van der Waals surface area contributed by atoms with Crippen LogP contribution >= 0.6 is 35.0 Å². The summed E-state index contributed by atoms with van der Waals surface area (Å²) in [7, 11) is 0. The molecule has 3 heterocycles. The summed E-state index contributed by atoms with van der Waals surface area (Å²) in [5.41, 5.74) is 1.28. The zero-order chi connectivity index (χ0) is 17.9. The largest absolute Gasteiger partial charge is 0.378 e. The number of nitrogens with zero attached hydrogens (tertiary/aromatic N) is 5. The predicted molar refractivity (Wildman–Crippen MR) is 104 cm³/mol. The van der Waals surface area contributed by atoms with E-state index in [9.17, 15) is 0 Å². The lowest BCUT2D eigenvalue weighted by Gasteiger charge is -2.28. The molecule has 3 unspecified atom stereocenters. The Morgan fingerprint density at radius 3 is 2.85 bits per heavy atom. The number of allylic oxidation sites excluding steroid dienone is 3. The monoisotopic (exact) mass is 414 g/mol. The summed E-state index contributed by atoms with van der Waals surface area (Å²) in [5, 5.41) is 16.4. The second kappa shape index (κ2) is 8.29. The van der Waals surface area contributed by atoms with Crippen molar-refractivity contribution in [1.29, 1.82) is 0 Å².